The lowest BCUT2D eigenvalue weighted by atomic mass is 10.1. The molecule has 1 heterocycles. The number of benzene rings is 1. The van der Waals surface area contributed by atoms with Crippen LogP contribution in [-0.4, -0.2) is 15.7 Å². The number of anilines is 1. The minimum absolute atomic E-state index is 0.0344. The molecule has 4 nitrogen and oxygen atoms in total. The number of carbonyl (C=O) groups is 1. The number of para-hydroxylation sites is 1. The number of nitrogens with zero attached hydrogens (tertiary/aromatic N) is 2. The minimum atomic E-state index is -0.179. The van der Waals surface area contributed by atoms with E-state index in [9.17, 15) is 4.79 Å². The Morgan fingerprint density at radius 3 is 2.78 bits per heavy atom. The van der Waals surface area contributed by atoms with Gasteiger partial charge in [0.15, 0.2) is 0 Å². The SMILES string of the molecule is CC(Cn1cc(Cl)cn1)C(=O)Nc1ccccc1. The fourth-order valence-electron chi connectivity index (χ4n) is 1.59. The highest BCUT2D eigenvalue weighted by Crippen LogP contribution is 2.10. The molecule has 0 fully saturated rings. The lowest BCUT2D eigenvalue weighted by Crippen LogP contribution is -2.24. The second kappa shape index (κ2) is 5.69. The topological polar surface area (TPSA) is 46.9 Å². The summed E-state index contributed by atoms with van der Waals surface area (Å²) in [5.74, 6) is -0.214. The highest BCUT2D eigenvalue weighted by molar-refractivity contribution is 6.30. The van der Waals surface area contributed by atoms with Crippen molar-refractivity contribution in [2.24, 2.45) is 5.92 Å². The van der Waals surface area contributed by atoms with Crippen LogP contribution in [-0.2, 0) is 11.3 Å². The molecule has 94 valence electrons. The van der Waals surface area contributed by atoms with Crippen LogP contribution in [0.5, 0.6) is 0 Å². The lowest BCUT2D eigenvalue weighted by molar-refractivity contribution is -0.119. The van der Waals surface area contributed by atoms with E-state index in [0.717, 1.165) is 5.69 Å². The Kier molecular flexibility index (Phi) is 3.99. The van der Waals surface area contributed by atoms with E-state index in [4.69, 9.17) is 11.6 Å². The van der Waals surface area contributed by atoms with Crippen LogP contribution >= 0.6 is 11.6 Å². The van der Waals surface area contributed by atoms with Crippen LogP contribution in [0, 0.1) is 5.92 Å². The third-order valence-electron chi connectivity index (χ3n) is 2.55. The molecule has 0 saturated carbocycles. The number of halogens is 1. The Balaban J connectivity index is 1.93. The number of amides is 1. The smallest absolute Gasteiger partial charge is 0.229 e. The first-order chi connectivity index (χ1) is 8.65. The van der Waals surface area contributed by atoms with Gasteiger partial charge in [-0.05, 0) is 12.1 Å². The zero-order chi connectivity index (χ0) is 13.0. The summed E-state index contributed by atoms with van der Waals surface area (Å²) in [6.07, 6.45) is 3.26. The van der Waals surface area contributed by atoms with E-state index >= 15 is 0 Å². The molecule has 1 aromatic carbocycles. The maximum atomic E-state index is 11.9. The minimum Gasteiger partial charge on any atom is -0.326 e. The van der Waals surface area contributed by atoms with Crippen LogP contribution in [0.15, 0.2) is 42.7 Å². The summed E-state index contributed by atoms with van der Waals surface area (Å²) < 4.78 is 1.66. The fourth-order valence-corrected chi connectivity index (χ4v) is 1.74. The molecule has 1 atom stereocenters. The van der Waals surface area contributed by atoms with E-state index in [1.54, 1.807) is 17.1 Å². The third-order valence-corrected chi connectivity index (χ3v) is 2.75. The predicted octanol–water partition coefficient (Wildman–Crippen LogP) is 2.81. The van der Waals surface area contributed by atoms with Crippen molar-refractivity contribution in [2.45, 2.75) is 13.5 Å². The first-order valence-corrected chi connectivity index (χ1v) is 6.07. The summed E-state index contributed by atoms with van der Waals surface area (Å²) >= 11 is 5.77. The molecule has 5 heteroatoms. The summed E-state index contributed by atoms with van der Waals surface area (Å²) in [6.45, 7) is 2.36. The summed E-state index contributed by atoms with van der Waals surface area (Å²) in [7, 11) is 0. The zero-order valence-electron chi connectivity index (χ0n) is 10.0. The van der Waals surface area contributed by atoms with Gasteiger partial charge in [-0.1, -0.05) is 36.7 Å². The predicted molar refractivity (Wildman–Crippen MR) is 71.5 cm³/mol. The van der Waals surface area contributed by atoms with Crippen molar-refractivity contribution in [3.63, 3.8) is 0 Å². The largest absolute Gasteiger partial charge is 0.326 e. The van der Waals surface area contributed by atoms with E-state index < -0.39 is 0 Å². The molecule has 0 bridgehead atoms. The van der Waals surface area contributed by atoms with Crippen molar-refractivity contribution in [1.29, 1.82) is 0 Å². The van der Waals surface area contributed by atoms with E-state index in [2.05, 4.69) is 10.4 Å². The number of rotatable bonds is 4. The Morgan fingerprint density at radius 1 is 1.44 bits per heavy atom. The van der Waals surface area contributed by atoms with Gasteiger partial charge in [0, 0.05) is 11.9 Å². The maximum Gasteiger partial charge on any atom is 0.229 e. The van der Waals surface area contributed by atoms with Crippen LogP contribution in [0.3, 0.4) is 0 Å². The molecule has 1 amide bonds. The van der Waals surface area contributed by atoms with Gasteiger partial charge in [-0.2, -0.15) is 5.10 Å². The molecular weight excluding hydrogens is 250 g/mol. The van der Waals surface area contributed by atoms with E-state index in [1.165, 1.54) is 0 Å². The summed E-state index contributed by atoms with van der Waals surface area (Å²) in [4.78, 5) is 11.9. The molecule has 2 rings (SSSR count). The van der Waals surface area contributed by atoms with Gasteiger partial charge in [0.2, 0.25) is 5.91 Å². The van der Waals surface area contributed by atoms with Crippen LogP contribution in [0.1, 0.15) is 6.92 Å². The Labute approximate surface area is 111 Å². The zero-order valence-corrected chi connectivity index (χ0v) is 10.8. The molecule has 0 aliphatic carbocycles. The third kappa shape index (κ3) is 3.34. The normalized spacial score (nSPS) is 12.1. The molecule has 1 unspecified atom stereocenters. The summed E-state index contributed by atoms with van der Waals surface area (Å²) in [5.41, 5.74) is 0.799. The van der Waals surface area contributed by atoms with Gasteiger partial charge >= 0.3 is 0 Å². The highest BCUT2D eigenvalue weighted by atomic mass is 35.5. The van der Waals surface area contributed by atoms with E-state index in [0.29, 0.717) is 11.6 Å². The number of hydrogen-bond donors (Lipinski definition) is 1. The van der Waals surface area contributed by atoms with Gasteiger partial charge in [-0.15, -0.1) is 0 Å². The van der Waals surface area contributed by atoms with Gasteiger partial charge in [0.25, 0.3) is 0 Å². The van der Waals surface area contributed by atoms with Gasteiger partial charge < -0.3 is 5.32 Å². The second-order valence-electron chi connectivity index (χ2n) is 4.14. The quantitative estimate of drug-likeness (QED) is 0.922. The fraction of sp³-hybridized carbons (Fsp3) is 0.231. The summed E-state index contributed by atoms with van der Waals surface area (Å²) in [6, 6.07) is 9.39. The standard InChI is InChI=1S/C13H14ClN3O/c1-10(8-17-9-11(14)7-15-17)13(18)16-12-5-3-2-4-6-12/h2-7,9-10H,8H2,1H3,(H,16,18). The maximum absolute atomic E-state index is 11.9. The molecule has 1 N–H and O–H groups in total. The van der Waals surface area contributed by atoms with Crippen molar-refractivity contribution in [3.05, 3.63) is 47.7 Å². The Bertz CT molecular complexity index is 524. The number of carbonyl (C=O) groups excluding carboxylic acids is 1. The molecule has 18 heavy (non-hydrogen) atoms. The first kappa shape index (κ1) is 12.6. The first-order valence-electron chi connectivity index (χ1n) is 5.69. The van der Waals surface area contributed by atoms with Crippen LogP contribution in [0.2, 0.25) is 5.02 Å². The average molecular weight is 264 g/mol. The number of nitrogens with one attached hydrogen (secondary N) is 1. The molecule has 0 aliphatic rings. The Morgan fingerprint density at radius 2 is 2.17 bits per heavy atom. The van der Waals surface area contributed by atoms with Crippen molar-refractivity contribution in [2.75, 3.05) is 5.32 Å². The van der Waals surface area contributed by atoms with Gasteiger partial charge in [0.05, 0.1) is 23.7 Å². The highest BCUT2D eigenvalue weighted by Gasteiger charge is 2.14. The van der Waals surface area contributed by atoms with E-state index in [-0.39, 0.29) is 11.8 Å². The molecule has 0 aliphatic heterocycles. The molecule has 0 saturated heterocycles. The second-order valence-corrected chi connectivity index (χ2v) is 4.57. The van der Waals surface area contributed by atoms with Gasteiger partial charge in [0.1, 0.15) is 0 Å². The Hall–Kier alpha value is -1.81. The van der Waals surface area contributed by atoms with Crippen molar-refractivity contribution < 1.29 is 4.79 Å². The summed E-state index contributed by atoms with van der Waals surface area (Å²) in [5, 5.41) is 7.48. The van der Waals surface area contributed by atoms with E-state index in [1.807, 2.05) is 37.3 Å². The van der Waals surface area contributed by atoms with Crippen molar-refractivity contribution >= 4 is 23.2 Å². The molecule has 1 aromatic heterocycles. The van der Waals surface area contributed by atoms with Gasteiger partial charge in [-0.3, -0.25) is 9.48 Å². The molecular formula is C13H14ClN3O. The van der Waals surface area contributed by atoms with Crippen molar-refractivity contribution in [1.82, 2.24) is 9.78 Å². The van der Waals surface area contributed by atoms with Crippen LogP contribution < -0.4 is 5.32 Å². The van der Waals surface area contributed by atoms with Crippen LogP contribution in [0.4, 0.5) is 5.69 Å². The van der Waals surface area contributed by atoms with Crippen LogP contribution in [0.25, 0.3) is 0 Å². The molecule has 0 spiro atoms. The number of aromatic nitrogens is 2. The molecule has 2 aromatic rings. The van der Waals surface area contributed by atoms with Gasteiger partial charge in [-0.25, -0.2) is 0 Å². The monoisotopic (exact) mass is 263 g/mol. The van der Waals surface area contributed by atoms with Crippen molar-refractivity contribution in [3.8, 4) is 0 Å². The number of hydrogen-bond acceptors (Lipinski definition) is 2. The lowest BCUT2D eigenvalue weighted by Gasteiger charge is -2.12. The molecule has 0 radical (unpaired) electrons. The average Bonchev–Trinajstić information content (AvgIpc) is 2.76.